The average Bonchev–Trinajstić information content (AvgIpc) is 3.87. The lowest BCUT2D eigenvalue weighted by molar-refractivity contribution is -0.162. The predicted octanol–water partition coefficient (Wildman–Crippen LogP) is 4.86. The van der Waals surface area contributed by atoms with Crippen LogP contribution in [0.3, 0.4) is 0 Å². The van der Waals surface area contributed by atoms with Crippen LogP contribution in [0, 0.1) is 11.8 Å². The first-order valence-electron chi connectivity index (χ1n) is 22.3. The van der Waals surface area contributed by atoms with Gasteiger partial charge in [0, 0.05) is 57.5 Å². The molecular weight excluding hydrogens is 894 g/mol. The van der Waals surface area contributed by atoms with Crippen LogP contribution in [0.15, 0.2) is 48.1 Å². The Morgan fingerprint density at radius 2 is 1.82 bits per heavy atom. The Morgan fingerprint density at radius 3 is 2.48 bits per heavy atom. The topological polar surface area (TPSA) is 214 Å². The van der Waals surface area contributed by atoms with E-state index in [4.69, 9.17) is 30.5 Å². The monoisotopic (exact) mass is 957 g/mol. The highest BCUT2D eigenvalue weighted by Gasteiger charge is 2.64. The molecule has 3 N–H and O–H groups in total. The molecule has 19 heteroatoms. The van der Waals surface area contributed by atoms with Crippen LogP contribution < -0.4 is 20.3 Å². The van der Waals surface area contributed by atoms with Gasteiger partial charge in [0.2, 0.25) is 17.7 Å². The van der Waals surface area contributed by atoms with Gasteiger partial charge in [-0.05, 0) is 76.2 Å². The SMILES string of the molecule is COc1cc2cc(c1Cl)N(C)C(=O)CC(OC(=O)[C@H](C)N(C)C(=O)C(CCSC)NC(=O)CCCCCN1C(=O)C=CC1=O)C1(C)OC1C(C)C1CC(O)(NC(=O)O1)C(C)/C=C/C=C(\C)C2. The lowest BCUT2D eigenvalue weighted by Crippen LogP contribution is -2.60. The van der Waals surface area contributed by atoms with Gasteiger partial charge in [0.05, 0.1) is 25.3 Å². The number of epoxide rings is 1. The van der Waals surface area contributed by atoms with Crippen LogP contribution in [0.5, 0.6) is 5.75 Å². The molecule has 2 saturated heterocycles. The second-order valence-corrected chi connectivity index (χ2v) is 19.2. The van der Waals surface area contributed by atoms with E-state index in [1.165, 1.54) is 54.8 Å². The third-order valence-electron chi connectivity index (χ3n) is 13.1. The summed E-state index contributed by atoms with van der Waals surface area (Å²) in [7, 11) is 4.47. The second kappa shape index (κ2) is 22.3. The van der Waals surface area contributed by atoms with Gasteiger partial charge in [0.25, 0.3) is 11.8 Å². The quantitative estimate of drug-likeness (QED) is 0.0929. The number of alkyl carbamates (subject to hydrolysis) is 1. The van der Waals surface area contributed by atoms with Crippen molar-refractivity contribution in [3.8, 4) is 5.75 Å². The number of carbonyl (C=O) groups is 7. The molecule has 0 saturated carbocycles. The minimum absolute atomic E-state index is 0.0134. The summed E-state index contributed by atoms with van der Waals surface area (Å²) in [4.78, 5) is 96.0. The van der Waals surface area contributed by atoms with Crippen molar-refractivity contribution in [2.75, 3.05) is 44.7 Å². The van der Waals surface area contributed by atoms with E-state index < -0.39 is 77.4 Å². The molecule has 4 bridgehead atoms. The number of esters is 1. The van der Waals surface area contributed by atoms with E-state index >= 15 is 0 Å². The molecule has 4 heterocycles. The molecule has 4 aliphatic rings. The van der Waals surface area contributed by atoms with Crippen LogP contribution >= 0.6 is 23.4 Å². The molecule has 1 aromatic rings. The number of carbonyl (C=O) groups excluding carboxylic acids is 7. The predicted molar refractivity (Wildman–Crippen MR) is 249 cm³/mol. The van der Waals surface area contributed by atoms with E-state index in [0.717, 1.165) is 16.0 Å². The molecule has 17 nitrogen and oxygen atoms in total. The van der Waals surface area contributed by atoms with Crippen molar-refractivity contribution >= 4 is 70.6 Å². The summed E-state index contributed by atoms with van der Waals surface area (Å²) in [6, 6.07) is 1.44. The van der Waals surface area contributed by atoms with Gasteiger partial charge in [-0.2, -0.15) is 11.8 Å². The lowest BCUT2D eigenvalue weighted by atomic mass is 9.82. The van der Waals surface area contributed by atoms with Crippen LogP contribution in [0.4, 0.5) is 10.5 Å². The first-order chi connectivity index (χ1) is 31.1. The van der Waals surface area contributed by atoms with Crippen molar-refractivity contribution in [2.45, 2.75) is 128 Å². The summed E-state index contributed by atoms with van der Waals surface area (Å²) in [6.07, 6.45) is 8.34. The van der Waals surface area contributed by atoms with Gasteiger partial charge in [0.1, 0.15) is 46.4 Å². The molecule has 0 aliphatic carbocycles. The fourth-order valence-electron chi connectivity index (χ4n) is 8.49. The van der Waals surface area contributed by atoms with Crippen LogP contribution in [-0.4, -0.2) is 138 Å². The zero-order valence-electron chi connectivity index (χ0n) is 39.2. The summed E-state index contributed by atoms with van der Waals surface area (Å²) in [5, 5.41) is 17.4. The Bertz CT molecular complexity index is 2120. The zero-order chi connectivity index (χ0) is 48.7. The van der Waals surface area contributed by atoms with E-state index in [1.807, 2.05) is 25.3 Å². The number of hydrogen-bond acceptors (Lipinski definition) is 13. The van der Waals surface area contributed by atoms with E-state index in [2.05, 4.69) is 10.6 Å². The molecule has 0 radical (unpaired) electrons. The van der Waals surface area contributed by atoms with Crippen molar-refractivity contribution in [3.63, 3.8) is 0 Å². The molecule has 9 atom stereocenters. The third kappa shape index (κ3) is 12.3. The molecule has 8 unspecified atom stereocenters. The number of allylic oxidation sites excluding steroid dienone is 3. The summed E-state index contributed by atoms with van der Waals surface area (Å²) >= 11 is 8.31. The molecule has 4 aliphatic heterocycles. The minimum atomic E-state index is -1.67. The highest BCUT2D eigenvalue weighted by molar-refractivity contribution is 7.98. The molecule has 2 fully saturated rings. The number of likely N-dealkylation sites (N-methyl/N-ethyl adjacent to an activating group) is 1. The van der Waals surface area contributed by atoms with Crippen molar-refractivity contribution < 1.29 is 57.6 Å². The van der Waals surface area contributed by atoms with E-state index in [9.17, 15) is 38.7 Å². The minimum Gasteiger partial charge on any atom is -0.495 e. The number of imide groups is 1. The highest BCUT2D eigenvalue weighted by Crippen LogP contribution is 2.49. The average molecular weight is 959 g/mol. The number of fused-ring (bicyclic) bond motifs is 5. The van der Waals surface area contributed by atoms with Gasteiger partial charge in [-0.1, -0.05) is 55.7 Å². The Kier molecular flexibility index (Phi) is 17.6. The third-order valence-corrected chi connectivity index (χ3v) is 14.1. The molecule has 66 heavy (non-hydrogen) atoms. The van der Waals surface area contributed by atoms with Crippen molar-refractivity contribution in [1.82, 2.24) is 20.4 Å². The lowest BCUT2D eigenvalue weighted by Gasteiger charge is -2.41. The Morgan fingerprint density at radius 1 is 1.12 bits per heavy atom. The Hall–Kier alpha value is -4.91. The number of aliphatic hydroxyl groups is 1. The van der Waals surface area contributed by atoms with Crippen LogP contribution in [0.2, 0.25) is 5.02 Å². The first kappa shape index (κ1) is 52.1. The molecule has 1 aromatic carbocycles. The highest BCUT2D eigenvalue weighted by atomic mass is 35.5. The maximum absolute atomic E-state index is 14.4. The van der Waals surface area contributed by atoms with Gasteiger partial charge in [0.15, 0.2) is 0 Å². The fraction of sp³-hybridized carbons (Fsp3) is 0.596. The largest absolute Gasteiger partial charge is 0.495 e. The number of anilines is 1. The number of rotatable bonds is 15. The summed E-state index contributed by atoms with van der Waals surface area (Å²) in [5.74, 6) is -3.10. The van der Waals surface area contributed by atoms with E-state index in [0.29, 0.717) is 42.9 Å². The normalized spacial score (nSPS) is 28.8. The number of benzene rings is 1. The van der Waals surface area contributed by atoms with Gasteiger partial charge in [-0.25, -0.2) is 9.59 Å². The zero-order valence-corrected chi connectivity index (χ0v) is 40.8. The number of nitrogens with zero attached hydrogens (tertiary/aromatic N) is 3. The van der Waals surface area contributed by atoms with Gasteiger partial charge in [-0.15, -0.1) is 0 Å². The molecule has 362 valence electrons. The molecule has 0 aromatic heterocycles. The summed E-state index contributed by atoms with van der Waals surface area (Å²) < 4.78 is 23.8. The fourth-order valence-corrected chi connectivity index (χ4v) is 9.27. The van der Waals surface area contributed by atoms with E-state index in [1.54, 1.807) is 46.0 Å². The molecule has 6 amide bonds. The Balaban J connectivity index is 1.36. The van der Waals surface area contributed by atoms with Gasteiger partial charge < -0.3 is 39.2 Å². The van der Waals surface area contributed by atoms with Crippen molar-refractivity contribution in [3.05, 3.63) is 58.7 Å². The number of thioether (sulfide) groups is 1. The maximum Gasteiger partial charge on any atom is 0.409 e. The van der Waals surface area contributed by atoms with Crippen LogP contribution in [-0.2, 0) is 49.4 Å². The number of halogens is 1. The van der Waals surface area contributed by atoms with Crippen LogP contribution in [0.25, 0.3) is 0 Å². The number of ether oxygens (including phenoxy) is 4. The Labute approximate surface area is 395 Å². The van der Waals surface area contributed by atoms with Gasteiger partial charge >= 0.3 is 12.1 Å². The molecular formula is C47H64ClN5O12S. The standard InChI is InChI=1S/C47H64ClN5O12S/c1-27-14-13-15-28(2)47(61)26-35(63-45(60)50-47)29(3)42-46(5,65-42)36(25-40(57)52(7)33-23-31(22-27)24-34(62-8)41(33)48)64-44(59)30(4)51(6)43(58)32(19-21-66-9)49-37(54)16-11-10-12-20-53-38(55)17-18-39(53)56/h13-15,17-18,23-24,28-30,32,35-36,42,61H,10-12,16,19-22,25-26H2,1-9H3,(H,49,54)(H,50,60)/b15-13+,27-14+/t28?,29?,30-,32?,35?,36?,42?,46?,47?/m0/s1. The number of methoxy groups -OCH3 is 1. The number of amides is 6. The maximum atomic E-state index is 14.4. The summed E-state index contributed by atoms with van der Waals surface area (Å²) in [5.41, 5.74) is -0.849. The van der Waals surface area contributed by atoms with Crippen LogP contribution in [0.1, 0.15) is 85.1 Å². The number of hydrogen-bond donors (Lipinski definition) is 3. The first-order valence-corrected chi connectivity index (χ1v) is 24.1. The van der Waals surface area contributed by atoms with Gasteiger partial charge in [-0.3, -0.25) is 34.2 Å². The smallest absolute Gasteiger partial charge is 0.409 e. The van der Waals surface area contributed by atoms with E-state index in [-0.39, 0.29) is 55.0 Å². The summed E-state index contributed by atoms with van der Waals surface area (Å²) in [6.45, 7) is 8.96. The molecule has 5 rings (SSSR count). The van der Waals surface area contributed by atoms with Crippen molar-refractivity contribution in [2.24, 2.45) is 11.8 Å². The second-order valence-electron chi connectivity index (χ2n) is 17.9. The van der Waals surface area contributed by atoms with Crippen molar-refractivity contribution in [1.29, 1.82) is 0 Å². The molecule has 0 spiro atoms. The number of nitrogens with one attached hydrogen (secondary N) is 2. The number of unbranched alkanes of at least 4 members (excludes halogenated alkanes) is 2.